The van der Waals surface area contributed by atoms with Crippen molar-refractivity contribution in [3.63, 3.8) is 0 Å². The van der Waals surface area contributed by atoms with Crippen LogP contribution in [-0.2, 0) is 4.79 Å². The highest BCUT2D eigenvalue weighted by molar-refractivity contribution is 5.82. The summed E-state index contributed by atoms with van der Waals surface area (Å²) in [5.41, 5.74) is -0.557. The zero-order valence-electron chi connectivity index (χ0n) is 10.2. The van der Waals surface area contributed by atoms with Gasteiger partial charge in [0.15, 0.2) is 0 Å². The number of carbonyl (C=O) groups excluding carboxylic acids is 1. The summed E-state index contributed by atoms with van der Waals surface area (Å²) < 4.78 is 36.2. The highest BCUT2D eigenvalue weighted by Crippen LogP contribution is 2.28. The molecular weight excluding hydrogens is 233 g/mol. The lowest BCUT2D eigenvalue weighted by Crippen LogP contribution is -2.49. The Morgan fingerprint density at radius 1 is 1.47 bits per heavy atom. The minimum atomic E-state index is -4.21. The molecule has 1 amide bonds. The Kier molecular flexibility index (Phi) is 4.41. The molecule has 1 N–H and O–H groups in total. The Balaban J connectivity index is 2.50. The van der Waals surface area contributed by atoms with Crippen LogP contribution in [-0.4, -0.2) is 43.7 Å². The molecule has 0 aromatic rings. The van der Waals surface area contributed by atoms with Gasteiger partial charge in [-0.2, -0.15) is 13.2 Å². The van der Waals surface area contributed by atoms with Crippen LogP contribution < -0.4 is 5.32 Å². The molecule has 0 spiro atoms. The number of carbonyl (C=O) groups is 1. The van der Waals surface area contributed by atoms with E-state index in [1.807, 2.05) is 6.92 Å². The maximum atomic E-state index is 12.1. The van der Waals surface area contributed by atoms with Crippen molar-refractivity contribution in [1.82, 2.24) is 10.2 Å². The van der Waals surface area contributed by atoms with Gasteiger partial charge in [-0.1, -0.05) is 0 Å². The van der Waals surface area contributed by atoms with Crippen LogP contribution in [0.2, 0.25) is 0 Å². The molecule has 17 heavy (non-hydrogen) atoms. The molecule has 100 valence electrons. The van der Waals surface area contributed by atoms with E-state index < -0.39 is 18.0 Å². The molecule has 1 saturated heterocycles. The van der Waals surface area contributed by atoms with Gasteiger partial charge in [0.25, 0.3) is 0 Å². The Bertz CT molecular complexity index is 272. The van der Waals surface area contributed by atoms with Crippen LogP contribution in [0.5, 0.6) is 0 Å². The molecule has 6 heteroatoms. The molecule has 0 radical (unpaired) electrons. The van der Waals surface area contributed by atoms with Crippen LogP contribution in [0.25, 0.3) is 0 Å². The second-order valence-electron chi connectivity index (χ2n) is 4.93. The van der Waals surface area contributed by atoms with Crippen LogP contribution >= 0.6 is 0 Å². The van der Waals surface area contributed by atoms with Gasteiger partial charge < -0.3 is 10.2 Å². The Hall–Kier alpha value is -0.780. The van der Waals surface area contributed by atoms with E-state index in [2.05, 4.69) is 5.32 Å². The predicted molar refractivity (Wildman–Crippen MR) is 58.5 cm³/mol. The lowest BCUT2D eigenvalue weighted by Gasteiger charge is -2.36. The van der Waals surface area contributed by atoms with Crippen LogP contribution in [0.4, 0.5) is 13.2 Å². The fourth-order valence-electron chi connectivity index (χ4n) is 2.10. The van der Waals surface area contributed by atoms with Crippen molar-refractivity contribution in [3.8, 4) is 0 Å². The van der Waals surface area contributed by atoms with Crippen LogP contribution in [0.3, 0.4) is 0 Å². The molecule has 1 aliphatic rings. The monoisotopic (exact) mass is 252 g/mol. The molecule has 0 aliphatic carbocycles. The number of rotatable bonds is 3. The quantitative estimate of drug-likeness (QED) is 0.830. The van der Waals surface area contributed by atoms with E-state index in [9.17, 15) is 18.0 Å². The second kappa shape index (κ2) is 5.25. The third kappa shape index (κ3) is 4.18. The molecule has 0 aromatic heterocycles. The highest BCUT2D eigenvalue weighted by Gasteiger charge is 2.37. The molecule has 1 rings (SSSR count). The summed E-state index contributed by atoms with van der Waals surface area (Å²) in [6, 6.07) is 0. The van der Waals surface area contributed by atoms with Gasteiger partial charge in [-0.3, -0.25) is 4.79 Å². The third-order valence-corrected chi connectivity index (χ3v) is 3.19. The topological polar surface area (TPSA) is 32.3 Å². The number of nitrogens with zero attached hydrogens (tertiary/aromatic N) is 1. The minimum Gasteiger partial charge on any atom is -0.345 e. The van der Waals surface area contributed by atoms with Gasteiger partial charge in [-0.05, 0) is 26.3 Å². The Morgan fingerprint density at radius 2 is 2.12 bits per heavy atom. The third-order valence-electron chi connectivity index (χ3n) is 3.19. The fourth-order valence-corrected chi connectivity index (χ4v) is 2.10. The summed E-state index contributed by atoms with van der Waals surface area (Å²) in [6.45, 7) is 2.96. The molecule has 3 nitrogen and oxygen atoms in total. The summed E-state index contributed by atoms with van der Waals surface area (Å²) >= 11 is 0. The van der Waals surface area contributed by atoms with Gasteiger partial charge in [0.1, 0.15) is 0 Å². The smallest absolute Gasteiger partial charge is 0.345 e. The molecule has 1 atom stereocenters. The van der Waals surface area contributed by atoms with Crippen LogP contribution in [0.15, 0.2) is 0 Å². The number of hydrogen-bond acceptors (Lipinski definition) is 2. The summed E-state index contributed by atoms with van der Waals surface area (Å²) in [5.74, 6) is -0.200. The van der Waals surface area contributed by atoms with Gasteiger partial charge in [-0.25, -0.2) is 0 Å². The average Bonchev–Trinajstić information content (AvgIpc) is 2.25. The molecule has 1 aliphatic heterocycles. The van der Waals surface area contributed by atoms with Crippen molar-refractivity contribution in [2.24, 2.45) is 5.41 Å². The molecule has 0 bridgehead atoms. The van der Waals surface area contributed by atoms with E-state index >= 15 is 0 Å². The van der Waals surface area contributed by atoms with Gasteiger partial charge in [0.2, 0.25) is 5.91 Å². The largest absolute Gasteiger partial charge is 0.390 e. The number of amides is 1. The van der Waals surface area contributed by atoms with Gasteiger partial charge in [-0.15, -0.1) is 0 Å². The van der Waals surface area contributed by atoms with Crippen molar-refractivity contribution in [2.75, 3.05) is 26.7 Å². The summed E-state index contributed by atoms with van der Waals surface area (Å²) in [4.78, 5) is 13.3. The average molecular weight is 252 g/mol. The van der Waals surface area contributed by atoms with Gasteiger partial charge in [0.05, 0.1) is 11.8 Å². The first-order chi connectivity index (χ1) is 7.75. The van der Waals surface area contributed by atoms with Gasteiger partial charge >= 0.3 is 6.18 Å². The molecule has 0 saturated carbocycles. The summed E-state index contributed by atoms with van der Waals surface area (Å²) in [6.07, 6.45) is -3.54. The van der Waals surface area contributed by atoms with Gasteiger partial charge in [0, 0.05) is 20.1 Å². The summed E-state index contributed by atoms with van der Waals surface area (Å²) in [7, 11) is 1.44. The second-order valence-corrected chi connectivity index (χ2v) is 4.93. The highest BCUT2D eigenvalue weighted by atomic mass is 19.4. The SMILES string of the molecule is CN(CCC(F)(F)F)C(=O)C1(C)CCCNC1. The predicted octanol–water partition coefficient (Wildman–Crippen LogP) is 1.79. The van der Waals surface area contributed by atoms with Crippen LogP contribution in [0.1, 0.15) is 26.2 Å². The molecule has 1 heterocycles. The lowest BCUT2D eigenvalue weighted by molar-refractivity contribution is -0.150. The van der Waals surface area contributed by atoms with E-state index in [1.54, 1.807) is 0 Å². The van der Waals surface area contributed by atoms with Crippen molar-refractivity contribution in [3.05, 3.63) is 0 Å². The number of alkyl halides is 3. The molecule has 0 aromatic carbocycles. The number of nitrogens with one attached hydrogen (secondary N) is 1. The first-order valence-corrected chi connectivity index (χ1v) is 5.78. The molecule has 1 unspecified atom stereocenters. The van der Waals surface area contributed by atoms with Crippen molar-refractivity contribution >= 4 is 5.91 Å². The Labute approximate surface area is 99.4 Å². The normalized spacial score (nSPS) is 25.7. The standard InChI is InChI=1S/C11H19F3N2O/c1-10(4-3-6-15-8-10)9(17)16(2)7-5-11(12,13)14/h15H,3-8H2,1-2H3. The molecule has 1 fully saturated rings. The number of halogens is 3. The molecular formula is C11H19F3N2O. The maximum Gasteiger partial charge on any atom is 0.390 e. The maximum absolute atomic E-state index is 12.1. The first-order valence-electron chi connectivity index (χ1n) is 5.78. The van der Waals surface area contributed by atoms with Crippen LogP contribution in [0, 0.1) is 5.41 Å². The van der Waals surface area contributed by atoms with E-state index in [4.69, 9.17) is 0 Å². The Morgan fingerprint density at radius 3 is 2.59 bits per heavy atom. The summed E-state index contributed by atoms with van der Waals surface area (Å²) in [5, 5.41) is 3.11. The lowest BCUT2D eigenvalue weighted by atomic mass is 9.81. The van der Waals surface area contributed by atoms with Crippen molar-refractivity contribution in [1.29, 1.82) is 0 Å². The van der Waals surface area contributed by atoms with E-state index in [1.165, 1.54) is 11.9 Å². The zero-order chi connectivity index (χ0) is 13.1. The van der Waals surface area contributed by atoms with Crippen molar-refractivity contribution < 1.29 is 18.0 Å². The van der Waals surface area contributed by atoms with Crippen molar-refractivity contribution in [2.45, 2.75) is 32.4 Å². The number of piperidine rings is 1. The van der Waals surface area contributed by atoms with E-state index in [0.717, 1.165) is 19.4 Å². The fraction of sp³-hybridized carbons (Fsp3) is 0.909. The number of hydrogen-bond donors (Lipinski definition) is 1. The van der Waals surface area contributed by atoms with E-state index in [0.29, 0.717) is 6.54 Å². The first kappa shape index (κ1) is 14.3. The minimum absolute atomic E-state index is 0.200. The zero-order valence-corrected chi connectivity index (χ0v) is 10.2. The van der Waals surface area contributed by atoms with E-state index in [-0.39, 0.29) is 12.5 Å².